The zero-order chi connectivity index (χ0) is 24.0. The van der Waals surface area contributed by atoms with Crippen LogP contribution in [0.5, 0.6) is 0 Å². The van der Waals surface area contributed by atoms with Crippen molar-refractivity contribution in [2.75, 3.05) is 16.6 Å². The van der Waals surface area contributed by atoms with Crippen molar-refractivity contribution < 1.29 is 22.4 Å². The number of sulfonamides is 1. The van der Waals surface area contributed by atoms with Crippen LogP contribution in [0.2, 0.25) is 0 Å². The van der Waals surface area contributed by atoms with Crippen molar-refractivity contribution in [2.45, 2.75) is 18.7 Å². The van der Waals surface area contributed by atoms with Gasteiger partial charge in [0.1, 0.15) is 5.82 Å². The van der Waals surface area contributed by atoms with Gasteiger partial charge in [-0.1, -0.05) is 29.8 Å². The van der Waals surface area contributed by atoms with E-state index in [2.05, 4.69) is 20.9 Å². The summed E-state index contributed by atoms with van der Waals surface area (Å²) in [6.45, 7) is 3.42. The molecule has 0 aromatic heterocycles. The number of carbonyl (C=O) groups is 2. The number of rotatable bonds is 7. The fraction of sp³-hybridized carbons (Fsp3) is 0.130. The highest BCUT2D eigenvalue weighted by Crippen LogP contribution is 2.19. The van der Waals surface area contributed by atoms with Crippen molar-refractivity contribution in [1.82, 2.24) is 10.9 Å². The van der Waals surface area contributed by atoms with Crippen LogP contribution in [0.15, 0.2) is 71.6 Å². The van der Waals surface area contributed by atoms with E-state index in [1.165, 1.54) is 43.3 Å². The number of amides is 2. The third kappa shape index (κ3) is 6.53. The summed E-state index contributed by atoms with van der Waals surface area (Å²) in [5, 5.41) is 2.93. The van der Waals surface area contributed by atoms with E-state index < -0.39 is 27.7 Å². The number of halogens is 1. The van der Waals surface area contributed by atoms with Crippen LogP contribution in [0.25, 0.3) is 0 Å². The van der Waals surface area contributed by atoms with Crippen LogP contribution in [0, 0.1) is 19.7 Å². The van der Waals surface area contributed by atoms with E-state index in [0.29, 0.717) is 5.56 Å². The first-order valence-electron chi connectivity index (χ1n) is 9.93. The summed E-state index contributed by atoms with van der Waals surface area (Å²) in [7, 11) is -4.06. The number of hydrogen-bond acceptors (Lipinski definition) is 5. The lowest BCUT2D eigenvalue weighted by atomic mass is 10.2. The smallest absolute Gasteiger partial charge is 0.269 e. The topological polar surface area (TPSA) is 116 Å². The molecule has 4 N–H and O–H groups in total. The third-order valence-electron chi connectivity index (χ3n) is 4.65. The van der Waals surface area contributed by atoms with Crippen molar-refractivity contribution >= 4 is 33.2 Å². The summed E-state index contributed by atoms with van der Waals surface area (Å²) in [6.07, 6.45) is 0. The Hall–Kier alpha value is -3.92. The summed E-state index contributed by atoms with van der Waals surface area (Å²) < 4.78 is 41.1. The molecule has 0 aliphatic carbocycles. The zero-order valence-corrected chi connectivity index (χ0v) is 18.8. The quantitative estimate of drug-likeness (QED) is 0.396. The third-order valence-corrected chi connectivity index (χ3v) is 6.03. The minimum absolute atomic E-state index is 0.0592. The summed E-state index contributed by atoms with van der Waals surface area (Å²) >= 11 is 0. The molecule has 8 nitrogen and oxygen atoms in total. The Balaban J connectivity index is 1.58. The van der Waals surface area contributed by atoms with Gasteiger partial charge in [-0.3, -0.25) is 25.2 Å². The van der Waals surface area contributed by atoms with Gasteiger partial charge in [0.25, 0.3) is 21.8 Å². The summed E-state index contributed by atoms with van der Waals surface area (Å²) in [5.74, 6) is -1.75. The van der Waals surface area contributed by atoms with Crippen LogP contribution in [0.1, 0.15) is 21.5 Å². The fourth-order valence-corrected chi connectivity index (χ4v) is 3.84. The second-order valence-electron chi connectivity index (χ2n) is 7.32. The summed E-state index contributed by atoms with van der Waals surface area (Å²) in [4.78, 5) is 24.1. The number of hydrazine groups is 1. The number of nitrogens with one attached hydrogen (secondary N) is 4. The van der Waals surface area contributed by atoms with Crippen LogP contribution in [-0.2, 0) is 14.8 Å². The monoisotopic (exact) mass is 470 g/mol. The van der Waals surface area contributed by atoms with Crippen molar-refractivity contribution in [3.63, 3.8) is 0 Å². The van der Waals surface area contributed by atoms with E-state index in [-0.39, 0.29) is 22.7 Å². The molecule has 0 spiro atoms. The van der Waals surface area contributed by atoms with Gasteiger partial charge in [-0.15, -0.1) is 0 Å². The standard InChI is InChI=1S/C23H23FN4O4S/c1-15-6-9-18(10-7-15)25-14-22(29)26-27-23(30)17-4-3-5-19(12-17)28-33(31,32)20-11-8-16(2)21(24)13-20/h3-13,25,28H,14H2,1-2H3,(H,26,29)(H,27,30). The Morgan fingerprint density at radius 2 is 1.61 bits per heavy atom. The van der Waals surface area contributed by atoms with Crippen LogP contribution in [0.4, 0.5) is 15.8 Å². The van der Waals surface area contributed by atoms with Gasteiger partial charge in [-0.25, -0.2) is 12.8 Å². The number of carbonyl (C=O) groups excluding carboxylic acids is 2. The van der Waals surface area contributed by atoms with Gasteiger partial charge in [-0.05, 0) is 61.9 Å². The molecule has 0 radical (unpaired) electrons. The SMILES string of the molecule is Cc1ccc(NCC(=O)NNC(=O)c2cccc(NS(=O)(=O)c3ccc(C)c(F)c3)c2)cc1. The second-order valence-corrected chi connectivity index (χ2v) is 9.00. The lowest BCUT2D eigenvalue weighted by molar-refractivity contribution is -0.120. The van der Waals surface area contributed by atoms with E-state index in [1.54, 1.807) is 0 Å². The van der Waals surface area contributed by atoms with Crippen LogP contribution < -0.4 is 20.9 Å². The molecule has 0 heterocycles. The maximum Gasteiger partial charge on any atom is 0.269 e. The predicted octanol–water partition coefficient (Wildman–Crippen LogP) is 3.12. The molecule has 0 aliphatic rings. The average molecular weight is 471 g/mol. The molecule has 0 bridgehead atoms. The minimum Gasteiger partial charge on any atom is -0.376 e. The molecule has 10 heteroatoms. The molecule has 0 fully saturated rings. The highest BCUT2D eigenvalue weighted by atomic mass is 32.2. The predicted molar refractivity (Wildman–Crippen MR) is 124 cm³/mol. The molecule has 0 saturated carbocycles. The van der Waals surface area contributed by atoms with E-state index in [9.17, 15) is 22.4 Å². The molecule has 172 valence electrons. The highest BCUT2D eigenvalue weighted by molar-refractivity contribution is 7.92. The van der Waals surface area contributed by atoms with Gasteiger partial charge in [0, 0.05) is 16.9 Å². The van der Waals surface area contributed by atoms with Gasteiger partial charge in [0.05, 0.1) is 11.4 Å². The highest BCUT2D eigenvalue weighted by Gasteiger charge is 2.17. The largest absolute Gasteiger partial charge is 0.376 e. The number of hydrogen-bond donors (Lipinski definition) is 4. The van der Waals surface area contributed by atoms with Gasteiger partial charge in [-0.2, -0.15) is 0 Å². The number of anilines is 2. The summed E-state index contributed by atoms with van der Waals surface area (Å²) in [5.41, 5.74) is 6.95. The maximum absolute atomic E-state index is 13.8. The average Bonchev–Trinajstić information content (AvgIpc) is 2.78. The zero-order valence-electron chi connectivity index (χ0n) is 18.0. The molecular formula is C23H23FN4O4S. The van der Waals surface area contributed by atoms with Crippen LogP contribution in [-0.4, -0.2) is 26.8 Å². The molecule has 3 rings (SSSR count). The molecule has 33 heavy (non-hydrogen) atoms. The molecule has 0 unspecified atom stereocenters. The van der Waals surface area contributed by atoms with Crippen LogP contribution in [0.3, 0.4) is 0 Å². The first-order chi connectivity index (χ1) is 15.6. The number of benzene rings is 3. The second kappa shape index (κ2) is 10.1. The van der Waals surface area contributed by atoms with Gasteiger partial charge < -0.3 is 5.32 Å². The van der Waals surface area contributed by atoms with Crippen LogP contribution >= 0.6 is 0 Å². The Kier molecular flexibility index (Phi) is 7.29. The molecule has 0 atom stereocenters. The molecule has 0 aliphatic heterocycles. The first kappa shape index (κ1) is 23.7. The van der Waals surface area contributed by atoms with E-state index >= 15 is 0 Å². The molecular weight excluding hydrogens is 447 g/mol. The maximum atomic E-state index is 13.8. The summed E-state index contributed by atoms with van der Waals surface area (Å²) in [6, 6.07) is 16.7. The lowest BCUT2D eigenvalue weighted by Gasteiger charge is -2.11. The minimum atomic E-state index is -4.06. The first-order valence-corrected chi connectivity index (χ1v) is 11.4. The molecule has 2 amide bonds. The van der Waals surface area contributed by atoms with E-state index in [4.69, 9.17) is 0 Å². The van der Waals surface area contributed by atoms with Crippen molar-refractivity contribution in [2.24, 2.45) is 0 Å². The molecule has 3 aromatic rings. The van der Waals surface area contributed by atoms with Crippen molar-refractivity contribution in [3.8, 4) is 0 Å². The fourth-order valence-electron chi connectivity index (χ4n) is 2.78. The molecule has 3 aromatic carbocycles. The Bertz CT molecular complexity index is 1280. The Morgan fingerprint density at radius 3 is 2.30 bits per heavy atom. The van der Waals surface area contributed by atoms with E-state index in [1.807, 2.05) is 31.2 Å². The number of aryl methyl sites for hydroxylation is 2. The normalized spacial score (nSPS) is 10.9. The van der Waals surface area contributed by atoms with E-state index in [0.717, 1.165) is 17.3 Å². The van der Waals surface area contributed by atoms with Crippen molar-refractivity contribution in [3.05, 3.63) is 89.2 Å². The lowest BCUT2D eigenvalue weighted by Crippen LogP contribution is -2.44. The van der Waals surface area contributed by atoms with Gasteiger partial charge in [0.2, 0.25) is 0 Å². The van der Waals surface area contributed by atoms with Crippen molar-refractivity contribution in [1.29, 1.82) is 0 Å². The molecule has 0 saturated heterocycles. The Morgan fingerprint density at radius 1 is 0.879 bits per heavy atom. The van der Waals surface area contributed by atoms with Gasteiger partial charge >= 0.3 is 0 Å². The van der Waals surface area contributed by atoms with Gasteiger partial charge in [0.15, 0.2) is 0 Å². The Labute approximate surface area is 191 Å².